The maximum atomic E-state index is 8.89. The van der Waals surface area contributed by atoms with Crippen molar-refractivity contribution >= 4 is 12.6 Å². The van der Waals surface area contributed by atoms with Crippen molar-refractivity contribution in [1.82, 2.24) is 0 Å². The van der Waals surface area contributed by atoms with E-state index in [4.69, 9.17) is 5.11 Å². The van der Waals surface area contributed by atoms with Crippen LogP contribution >= 0.6 is 12.6 Å². The Morgan fingerprint density at radius 1 is 1.42 bits per heavy atom. The number of aliphatic hydroxyl groups is 1. The highest BCUT2D eigenvalue weighted by Crippen LogP contribution is 2.07. The van der Waals surface area contributed by atoms with Gasteiger partial charge < -0.3 is 5.11 Å². The van der Waals surface area contributed by atoms with E-state index in [0.29, 0.717) is 0 Å². The van der Waals surface area contributed by atoms with Crippen LogP contribution in [0.5, 0.6) is 0 Å². The summed E-state index contributed by atoms with van der Waals surface area (Å²) in [5.41, 5.74) is 0.822. The molecular weight excluding hydrogens is 168 g/mol. The largest absolute Gasteiger partial charge is 0.383 e. The van der Waals surface area contributed by atoms with E-state index >= 15 is 0 Å². The molecule has 0 aliphatic carbocycles. The van der Waals surface area contributed by atoms with Crippen LogP contribution in [-0.4, -0.2) is 10.5 Å². The quantitative estimate of drug-likeness (QED) is 0.538. The Labute approximate surface area is 78.8 Å². The molecule has 1 aromatic rings. The Morgan fingerprint density at radius 2 is 2.08 bits per heavy atom. The maximum Gasteiger partial charge on any atom is 0.0964 e. The molecule has 0 aliphatic rings. The molecular formula is C10H13OS. The van der Waals surface area contributed by atoms with Crippen molar-refractivity contribution in [2.45, 2.75) is 24.7 Å². The summed E-state index contributed by atoms with van der Waals surface area (Å²) in [6.45, 7) is 0. The van der Waals surface area contributed by atoms with Crippen molar-refractivity contribution in [3.05, 3.63) is 35.9 Å². The molecule has 0 heterocycles. The molecule has 0 amide bonds. The second-order valence-corrected chi connectivity index (χ2v) is 3.38. The molecule has 1 nitrogen and oxygen atoms in total. The van der Waals surface area contributed by atoms with Crippen molar-refractivity contribution in [2.75, 3.05) is 0 Å². The predicted molar refractivity (Wildman–Crippen MR) is 53.2 cm³/mol. The summed E-state index contributed by atoms with van der Waals surface area (Å²) < 4.78 is 0. The molecule has 0 bridgehead atoms. The van der Waals surface area contributed by atoms with Crippen LogP contribution in [0, 0.1) is 6.07 Å². The molecule has 1 rings (SSSR count). The highest BCUT2D eigenvalue weighted by atomic mass is 32.1. The maximum absolute atomic E-state index is 8.89. The Morgan fingerprint density at radius 3 is 2.67 bits per heavy atom. The average molecular weight is 181 g/mol. The van der Waals surface area contributed by atoms with Gasteiger partial charge in [0.2, 0.25) is 0 Å². The molecule has 1 aromatic carbocycles. The molecule has 1 radical (unpaired) electrons. The number of thiol groups is 1. The number of aliphatic hydroxyl groups excluding tert-OH is 1. The van der Waals surface area contributed by atoms with Crippen LogP contribution in [0.2, 0.25) is 0 Å². The fourth-order valence-electron chi connectivity index (χ4n) is 1.08. The van der Waals surface area contributed by atoms with Gasteiger partial charge in [-0.2, -0.15) is 0 Å². The van der Waals surface area contributed by atoms with E-state index in [1.807, 2.05) is 24.3 Å². The average Bonchev–Trinajstić information content (AvgIpc) is 2.05. The predicted octanol–water partition coefficient (Wildman–Crippen LogP) is 2.06. The lowest BCUT2D eigenvalue weighted by atomic mass is 10.1. The molecule has 2 heteroatoms. The van der Waals surface area contributed by atoms with Crippen molar-refractivity contribution in [1.29, 1.82) is 0 Å². The Bertz CT molecular complexity index is 208. The number of rotatable bonds is 4. The monoisotopic (exact) mass is 181 g/mol. The van der Waals surface area contributed by atoms with Gasteiger partial charge in [0.05, 0.1) is 5.44 Å². The fourth-order valence-corrected chi connectivity index (χ4v) is 1.26. The van der Waals surface area contributed by atoms with Crippen LogP contribution in [0.1, 0.15) is 18.4 Å². The van der Waals surface area contributed by atoms with Gasteiger partial charge in [-0.1, -0.05) is 24.3 Å². The second-order valence-electron chi connectivity index (χ2n) is 2.78. The number of aryl methyl sites for hydroxylation is 1. The highest BCUT2D eigenvalue weighted by Gasteiger charge is 1.96. The van der Waals surface area contributed by atoms with Crippen molar-refractivity contribution in [2.24, 2.45) is 0 Å². The van der Waals surface area contributed by atoms with E-state index in [-0.39, 0.29) is 0 Å². The Kier molecular flexibility index (Phi) is 4.19. The van der Waals surface area contributed by atoms with Crippen LogP contribution in [0.15, 0.2) is 24.3 Å². The van der Waals surface area contributed by atoms with Crippen molar-refractivity contribution in [3.63, 3.8) is 0 Å². The van der Waals surface area contributed by atoms with Crippen LogP contribution in [0.4, 0.5) is 0 Å². The fraction of sp³-hybridized carbons (Fsp3) is 0.400. The van der Waals surface area contributed by atoms with E-state index in [1.54, 1.807) is 0 Å². The van der Waals surface area contributed by atoms with Crippen LogP contribution in [0.3, 0.4) is 0 Å². The van der Waals surface area contributed by atoms with Crippen LogP contribution in [0.25, 0.3) is 0 Å². The van der Waals surface area contributed by atoms with Crippen molar-refractivity contribution < 1.29 is 5.11 Å². The van der Waals surface area contributed by atoms with Gasteiger partial charge in [0.25, 0.3) is 0 Å². The molecule has 12 heavy (non-hydrogen) atoms. The lowest BCUT2D eigenvalue weighted by Crippen LogP contribution is -1.96. The standard InChI is InChI=1S/C10H13OS/c11-10(12)8-4-7-9-5-2-1-3-6-9/h2-3,5-6,10-12H,4,7-8H2. The number of hydrogen-bond donors (Lipinski definition) is 2. The SMILES string of the molecule is OC(S)CCCc1cc[c]cc1. The van der Waals surface area contributed by atoms with Gasteiger partial charge in [0.15, 0.2) is 0 Å². The van der Waals surface area contributed by atoms with Gasteiger partial charge >= 0.3 is 0 Å². The van der Waals surface area contributed by atoms with E-state index in [1.165, 1.54) is 5.56 Å². The van der Waals surface area contributed by atoms with Gasteiger partial charge in [0, 0.05) is 0 Å². The van der Waals surface area contributed by atoms with Crippen LogP contribution in [-0.2, 0) is 6.42 Å². The van der Waals surface area contributed by atoms with Crippen LogP contribution < -0.4 is 0 Å². The summed E-state index contributed by atoms with van der Waals surface area (Å²) in [4.78, 5) is 0. The third-order valence-corrected chi connectivity index (χ3v) is 1.97. The summed E-state index contributed by atoms with van der Waals surface area (Å²) >= 11 is 3.89. The molecule has 0 fully saturated rings. The normalized spacial score (nSPS) is 12.8. The summed E-state index contributed by atoms with van der Waals surface area (Å²) in [5.74, 6) is 0. The molecule has 0 spiro atoms. The zero-order valence-electron chi connectivity index (χ0n) is 6.90. The van der Waals surface area contributed by atoms with Gasteiger partial charge in [-0.05, 0) is 30.9 Å². The highest BCUT2D eigenvalue weighted by molar-refractivity contribution is 7.80. The molecule has 65 valence electrons. The summed E-state index contributed by atoms with van der Waals surface area (Å²) in [6.07, 6.45) is 2.74. The summed E-state index contributed by atoms with van der Waals surface area (Å²) in [6, 6.07) is 10.9. The van der Waals surface area contributed by atoms with E-state index < -0.39 is 5.44 Å². The molecule has 0 aromatic heterocycles. The van der Waals surface area contributed by atoms with E-state index in [9.17, 15) is 0 Å². The third kappa shape index (κ3) is 3.79. The lowest BCUT2D eigenvalue weighted by Gasteiger charge is -2.02. The molecule has 1 N–H and O–H groups in total. The third-order valence-electron chi connectivity index (χ3n) is 1.72. The van der Waals surface area contributed by atoms with Gasteiger partial charge in [-0.25, -0.2) is 0 Å². The zero-order chi connectivity index (χ0) is 8.81. The molecule has 1 atom stereocenters. The first-order valence-corrected chi connectivity index (χ1v) is 4.62. The smallest absolute Gasteiger partial charge is 0.0964 e. The van der Waals surface area contributed by atoms with Gasteiger partial charge in [-0.15, -0.1) is 12.6 Å². The Hall–Kier alpha value is -0.470. The molecule has 0 saturated carbocycles. The van der Waals surface area contributed by atoms with E-state index in [0.717, 1.165) is 19.3 Å². The van der Waals surface area contributed by atoms with Gasteiger partial charge in [0.1, 0.15) is 0 Å². The first-order chi connectivity index (χ1) is 5.79. The minimum Gasteiger partial charge on any atom is -0.383 e. The minimum absolute atomic E-state index is 0.472. The van der Waals surface area contributed by atoms with Gasteiger partial charge in [-0.3, -0.25) is 0 Å². The first-order valence-electron chi connectivity index (χ1n) is 4.10. The number of benzene rings is 1. The first kappa shape index (κ1) is 9.62. The molecule has 0 saturated heterocycles. The van der Waals surface area contributed by atoms with Crippen molar-refractivity contribution in [3.8, 4) is 0 Å². The minimum atomic E-state index is -0.472. The summed E-state index contributed by atoms with van der Waals surface area (Å²) in [7, 11) is 0. The lowest BCUT2D eigenvalue weighted by molar-refractivity contribution is 0.251. The second kappa shape index (κ2) is 5.22. The van der Waals surface area contributed by atoms with E-state index in [2.05, 4.69) is 18.7 Å². The molecule has 0 aliphatic heterocycles. The molecule has 1 unspecified atom stereocenters. The topological polar surface area (TPSA) is 20.2 Å². The Balaban J connectivity index is 2.25. The zero-order valence-corrected chi connectivity index (χ0v) is 7.80. The summed E-state index contributed by atoms with van der Waals surface area (Å²) in [5, 5.41) is 8.89. The number of hydrogen-bond acceptors (Lipinski definition) is 2.